The van der Waals surface area contributed by atoms with Crippen molar-refractivity contribution >= 4 is 10.2 Å². The van der Waals surface area contributed by atoms with Gasteiger partial charge in [0.1, 0.15) is 0 Å². The summed E-state index contributed by atoms with van der Waals surface area (Å²) < 4.78 is 28.9. The van der Waals surface area contributed by atoms with Crippen molar-refractivity contribution in [2.24, 2.45) is 5.92 Å². The van der Waals surface area contributed by atoms with Crippen molar-refractivity contribution < 1.29 is 8.42 Å². The van der Waals surface area contributed by atoms with E-state index in [2.05, 4.69) is 19.2 Å². The third-order valence-electron chi connectivity index (χ3n) is 4.19. The molecule has 0 bridgehead atoms. The fourth-order valence-electron chi connectivity index (χ4n) is 3.09. The van der Waals surface area contributed by atoms with Crippen molar-refractivity contribution in [3.63, 3.8) is 0 Å². The predicted octanol–water partition coefficient (Wildman–Crippen LogP) is 1.43. The van der Waals surface area contributed by atoms with Crippen LogP contribution in [-0.2, 0) is 10.2 Å². The Morgan fingerprint density at radius 3 is 2.40 bits per heavy atom. The van der Waals surface area contributed by atoms with Crippen molar-refractivity contribution in [1.82, 2.24) is 13.9 Å². The van der Waals surface area contributed by atoms with E-state index in [1.807, 2.05) is 0 Å². The zero-order valence-corrected chi connectivity index (χ0v) is 13.7. The lowest BCUT2D eigenvalue weighted by Crippen LogP contribution is -2.53. The lowest BCUT2D eigenvalue weighted by atomic mass is 10.0. The Balaban J connectivity index is 1.98. The molecule has 6 heteroatoms. The molecule has 2 saturated heterocycles. The number of nitrogens with zero attached hydrogens (tertiary/aromatic N) is 2. The lowest BCUT2D eigenvalue weighted by molar-refractivity contribution is 0.229. The molecule has 0 aromatic heterocycles. The van der Waals surface area contributed by atoms with Crippen LogP contribution in [0.25, 0.3) is 0 Å². The van der Waals surface area contributed by atoms with Crippen LogP contribution in [0.4, 0.5) is 0 Å². The molecule has 118 valence electrons. The van der Waals surface area contributed by atoms with Crippen molar-refractivity contribution in [3.05, 3.63) is 0 Å². The molecular weight excluding hydrogens is 274 g/mol. The largest absolute Gasteiger partial charge is 0.315 e. The quantitative estimate of drug-likeness (QED) is 0.807. The number of hydrogen-bond donors (Lipinski definition) is 1. The summed E-state index contributed by atoms with van der Waals surface area (Å²) in [4.78, 5) is 0. The SMILES string of the molecule is CC(C)CNCC1CCCCN1S(=O)(=O)N1CCCC1. The maximum Gasteiger partial charge on any atom is 0.282 e. The Kier molecular flexibility index (Phi) is 5.84. The van der Waals surface area contributed by atoms with Gasteiger partial charge in [-0.1, -0.05) is 20.3 Å². The summed E-state index contributed by atoms with van der Waals surface area (Å²) >= 11 is 0. The van der Waals surface area contributed by atoms with E-state index in [9.17, 15) is 8.42 Å². The molecule has 2 aliphatic rings. The fourth-order valence-corrected chi connectivity index (χ4v) is 5.02. The van der Waals surface area contributed by atoms with Crippen molar-refractivity contribution in [1.29, 1.82) is 0 Å². The molecule has 0 aromatic carbocycles. The van der Waals surface area contributed by atoms with Gasteiger partial charge >= 0.3 is 0 Å². The van der Waals surface area contributed by atoms with Crippen LogP contribution in [-0.4, -0.2) is 55.8 Å². The molecule has 0 aliphatic carbocycles. The summed E-state index contributed by atoms with van der Waals surface area (Å²) in [5, 5.41) is 3.42. The highest BCUT2D eigenvalue weighted by molar-refractivity contribution is 7.86. The van der Waals surface area contributed by atoms with Crippen LogP contribution in [0.1, 0.15) is 46.0 Å². The zero-order valence-electron chi connectivity index (χ0n) is 12.8. The Hall–Kier alpha value is -0.170. The minimum absolute atomic E-state index is 0.132. The normalized spacial score (nSPS) is 26.4. The Labute approximate surface area is 123 Å². The fraction of sp³-hybridized carbons (Fsp3) is 1.00. The van der Waals surface area contributed by atoms with Crippen LogP contribution in [0.5, 0.6) is 0 Å². The third-order valence-corrected chi connectivity index (χ3v) is 6.28. The van der Waals surface area contributed by atoms with Crippen molar-refractivity contribution in [2.45, 2.75) is 52.0 Å². The summed E-state index contributed by atoms with van der Waals surface area (Å²) in [5.41, 5.74) is 0. The van der Waals surface area contributed by atoms with Gasteiger partial charge in [0, 0.05) is 32.2 Å². The Bertz CT molecular complexity index is 391. The van der Waals surface area contributed by atoms with E-state index in [0.29, 0.717) is 25.6 Å². The van der Waals surface area contributed by atoms with Gasteiger partial charge in [-0.3, -0.25) is 0 Å². The topological polar surface area (TPSA) is 52.7 Å². The highest BCUT2D eigenvalue weighted by atomic mass is 32.2. The first kappa shape index (κ1) is 16.2. The average molecular weight is 303 g/mol. The first-order valence-corrected chi connectivity index (χ1v) is 9.39. The van der Waals surface area contributed by atoms with Crippen LogP contribution in [0.2, 0.25) is 0 Å². The van der Waals surface area contributed by atoms with E-state index < -0.39 is 10.2 Å². The minimum Gasteiger partial charge on any atom is -0.315 e. The standard InChI is InChI=1S/C14H29N3O2S/c1-13(2)11-15-12-14-7-3-4-10-17(14)20(18,19)16-8-5-6-9-16/h13-15H,3-12H2,1-2H3. The molecule has 0 saturated carbocycles. The molecular formula is C14H29N3O2S. The first-order chi connectivity index (χ1) is 9.51. The second-order valence-corrected chi connectivity index (χ2v) is 8.31. The molecule has 1 atom stereocenters. The smallest absolute Gasteiger partial charge is 0.282 e. The summed E-state index contributed by atoms with van der Waals surface area (Å²) in [5.74, 6) is 0.599. The van der Waals surface area contributed by atoms with Gasteiger partial charge in [-0.05, 0) is 38.1 Å². The molecule has 5 nitrogen and oxygen atoms in total. The van der Waals surface area contributed by atoms with Gasteiger partial charge in [-0.15, -0.1) is 0 Å². The molecule has 0 radical (unpaired) electrons. The number of rotatable bonds is 6. The summed E-state index contributed by atoms with van der Waals surface area (Å²) in [6, 6.07) is 0.132. The summed E-state index contributed by atoms with van der Waals surface area (Å²) in [6.45, 7) is 8.17. The van der Waals surface area contributed by atoms with Crippen LogP contribution in [0, 0.1) is 5.92 Å². The maximum absolute atomic E-state index is 12.7. The second kappa shape index (κ2) is 7.20. The molecule has 0 spiro atoms. The van der Waals surface area contributed by atoms with Gasteiger partial charge in [0.05, 0.1) is 0 Å². The van der Waals surface area contributed by atoms with Crippen molar-refractivity contribution in [2.75, 3.05) is 32.7 Å². The average Bonchev–Trinajstić information content (AvgIpc) is 2.93. The van der Waals surface area contributed by atoms with E-state index in [-0.39, 0.29) is 6.04 Å². The summed E-state index contributed by atoms with van der Waals surface area (Å²) in [6.07, 6.45) is 5.12. The number of hydrogen-bond acceptors (Lipinski definition) is 3. The number of piperidine rings is 1. The van der Waals surface area contributed by atoms with Crippen LogP contribution in [0.3, 0.4) is 0 Å². The first-order valence-electron chi connectivity index (χ1n) is 7.99. The molecule has 0 aromatic rings. The molecule has 1 unspecified atom stereocenters. The minimum atomic E-state index is -3.23. The molecule has 0 amide bonds. The molecule has 2 heterocycles. The highest BCUT2D eigenvalue weighted by Gasteiger charge is 2.37. The Morgan fingerprint density at radius 1 is 1.10 bits per heavy atom. The van der Waals surface area contributed by atoms with E-state index in [1.165, 1.54) is 0 Å². The highest BCUT2D eigenvalue weighted by Crippen LogP contribution is 2.24. The van der Waals surface area contributed by atoms with Crippen LogP contribution in [0.15, 0.2) is 0 Å². The van der Waals surface area contributed by atoms with E-state index in [1.54, 1.807) is 8.61 Å². The van der Waals surface area contributed by atoms with Gasteiger partial charge in [0.2, 0.25) is 0 Å². The Morgan fingerprint density at radius 2 is 1.75 bits per heavy atom. The van der Waals surface area contributed by atoms with E-state index in [4.69, 9.17) is 0 Å². The second-order valence-electron chi connectivity index (χ2n) is 6.43. The molecule has 1 N–H and O–H groups in total. The predicted molar refractivity (Wildman–Crippen MR) is 81.8 cm³/mol. The number of nitrogens with one attached hydrogen (secondary N) is 1. The zero-order chi connectivity index (χ0) is 14.6. The van der Waals surface area contributed by atoms with Gasteiger partial charge in [-0.2, -0.15) is 17.0 Å². The van der Waals surface area contributed by atoms with Gasteiger partial charge in [0.25, 0.3) is 10.2 Å². The van der Waals surface area contributed by atoms with Gasteiger partial charge in [0.15, 0.2) is 0 Å². The monoisotopic (exact) mass is 303 g/mol. The van der Waals surface area contributed by atoms with Crippen LogP contribution < -0.4 is 5.32 Å². The third kappa shape index (κ3) is 3.93. The van der Waals surface area contributed by atoms with E-state index in [0.717, 1.165) is 45.2 Å². The molecule has 2 fully saturated rings. The lowest BCUT2D eigenvalue weighted by Gasteiger charge is -2.37. The summed E-state index contributed by atoms with van der Waals surface area (Å²) in [7, 11) is -3.23. The van der Waals surface area contributed by atoms with Crippen molar-refractivity contribution in [3.8, 4) is 0 Å². The maximum atomic E-state index is 12.7. The van der Waals surface area contributed by atoms with Crippen LogP contribution >= 0.6 is 0 Å². The molecule has 2 rings (SSSR count). The van der Waals surface area contributed by atoms with Gasteiger partial charge < -0.3 is 5.32 Å². The molecule has 20 heavy (non-hydrogen) atoms. The van der Waals surface area contributed by atoms with E-state index >= 15 is 0 Å². The molecule has 2 aliphatic heterocycles. The van der Waals surface area contributed by atoms with Gasteiger partial charge in [-0.25, -0.2) is 0 Å².